The third-order valence-electron chi connectivity index (χ3n) is 16.2. The zero-order valence-electron chi connectivity index (χ0n) is 57.2. The van der Waals surface area contributed by atoms with Gasteiger partial charge in [0.15, 0.2) is 12.2 Å². The number of hydrogen-bond acceptors (Lipinski definition) is 15. The summed E-state index contributed by atoms with van der Waals surface area (Å²) in [6.45, 7) is 11.8. The molecule has 88 heavy (non-hydrogen) atoms. The summed E-state index contributed by atoms with van der Waals surface area (Å²) in [5.74, 6) is 0.143. The first-order valence-electron chi connectivity index (χ1n) is 35.9. The first-order chi connectivity index (χ1) is 42.3. The van der Waals surface area contributed by atoms with Crippen LogP contribution in [0.5, 0.6) is 0 Å². The molecule has 17 nitrogen and oxygen atoms in total. The zero-order chi connectivity index (χ0) is 65.2. The minimum absolute atomic E-state index is 0.103. The van der Waals surface area contributed by atoms with Crippen LogP contribution in [0.3, 0.4) is 0 Å². The van der Waals surface area contributed by atoms with Gasteiger partial charge in [-0.15, -0.1) is 0 Å². The van der Waals surface area contributed by atoms with Gasteiger partial charge in [-0.05, 0) is 43.4 Å². The van der Waals surface area contributed by atoms with Gasteiger partial charge in [-0.1, -0.05) is 292 Å². The van der Waals surface area contributed by atoms with Crippen LogP contribution in [0.1, 0.15) is 344 Å². The zero-order valence-corrected chi connectivity index (χ0v) is 59.0. The molecule has 0 aromatic heterocycles. The monoisotopic (exact) mass is 1300 g/mol. The van der Waals surface area contributed by atoms with Crippen LogP contribution in [0.4, 0.5) is 0 Å². The Kier molecular flexibility index (Phi) is 58.7. The molecule has 6 atom stereocenters. The summed E-state index contributed by atoms with van der Waals surface area (Å²) >= 11 is 0. The molecule has 0 saturated heterocycles. The predicted octanol–water partition coefficient (Wildman–Crippen LogP) is 19.5. The maximum absolute atomic E-state index is 13.0. The van der Waals surface area contributed by atoms with E-state index < -0.39 is 97.5 Å². The first kappa shape index (κ1) is 86.1. The molecule has 19 heteroatoms. The fourth-order valence-electron chi connectivity index (χ4n) is 10.3. The molecule has 0 aliphatic carbocycles. The van der Waals surface area contributed by atoms with Gasteiger partial charge in [0, 0.05) is 25.7 Å². The van der Waals surface area contributed by atoms with Crippen molar-refractivity contribution in [3.05, 3.63) is 0 Å². The topological polar surface area (TPSA) is 237 Å². The number of ether oxygens (including phenoxy) is 4. The van der Waals surface area contributed by atoms with Gasteiger partial charge in [0.1, 0.15) is 19.3 Å². The Morgan fingerprint density at radius 1 is 0.330 bits per heavy atom. The Labute approximate surface area is 537 Å². The Morgan fingerprint density at radius 3 is 0.864 bits per heavy atom. The molecule has 0 spiro atoms. The molecule has 3 N–H and O–H groups in total. The molecule has 0 fully saturated rings. The SMILES string of the molecule is CCCCCCCCCCC(=O)OC[C@H](COP(=O)(O)OC[C@H](O)COP(=O)(O)OC[C@@H](COC(=O)CCCCCCCCCCC(C)CC)OC(=O)CCCCCCCCCCCCCCCCCC(C)C)OC(=O)CCCCCCCCCC(C)C. The summed E-state index contributed by atoms with van der Waals surface area (Å²) in [5.41, 5.74) is 0. The van der Waals surface area contributed by atoms with Gasteiger partial charge in [0.25, 0.3) is 0 Å². The van der Waals surface area contributed by atoms with Crippen LogP contribution >= 0.6 is 15.6 Å². The van der Waals surface area contributed by atoms with Crippen LogP contribution in [0.2, 0.25) is 0 Å². The third kappa shape index (κ3) is 61.6. The van der Waals surface area contributed by atoms with E-state index in [1.807, 2.05) is 0 Å². The number of phosphoric acid groups is 2. The van der Waals surface area contributed by atoms with Crippen LogP contribution in [0.25, 0.3) is 0 Å². The summed E-state index contributed by atoms with van der Waals surface area (Å²) in [6.07, 6.45) is 43.2. The van der Waals surface area contributed by atoms with Crippen molar-refractivity contribution in [3.63, 3.8) is 0 Å². The lowest BCUT2D eigenvalue weighted by Gasteiger charge is -2.21. The van der Waals surface area contributed by atoms with E-state index in [2.05, 4.69) is 48.5 Å². The summed E-state index contributed by atoms with van der Waals surface area (Å²) in [6, 6.07) is 0. The van der Waals surface area contributed by atoms with Crippen molar-refractivity contribution >= 4 is 39.5 Å². The number of phosphoric ester groups is 2. The van der Waals surface area contributed by atoms with Crippen LogP contribution < -0.4 is 0 Å². The van der Waals surface area contributed by atoms with E-state index in [1.54, 1.807) is 0 Å². The van der Waals surface area contributed by atoms with E-state index in [9.17, 15) is 43.2 Å². The highest BCUT2D eigenvalue weighted by atomic mass is 31.2. The molecule has 0 heterocycles. The summed E-state index contributed by atoms with van der Waals surface area (Å²) in [5, 5.41) is 10.6. The van der Waals surface area contributed by atoms with Gasteiger partial charge in [-0.25, -0.2) is 9.13 Å². The second-order valence-electron chi connectivity index (χ2n) is 26.1. The van der Waals surface area contributed by atoms with Crippen molar-refractivity contribution < 1.29 is 80.2 Å². The number of unbranched alkanes of at least 4 members (excludes halogenated alkanes) is 34. The van der Waals surface area contributed by atoms with E-state index in [4.69, 9.17) is 37.0 Å². The van der Waals surface area contributed by atoms with Gasteiger partial charge >= 0.3 is 39.5 Å². The minimum Gasteiger partial charge on any atom is -0.462 e. The van der Waals surface area contributed by atoms with Gasteiger partial charge in [-0.2, -0.15) is 0 Å². The first-order valence-corrected chi connectivity index (χ1v) is 38.9. The van der Waals surface area contributed by atoms with Crippen molar-refractivity contribution in [2.45, 2.75) is 362 Å². The van der Waals surface area contributed by atoms with Crippen molar-refractivity contribution in [1.29, 1.82) is 0 Å². The number of rotatable bonds is 67. The Morgan fingerprint density at radius 2 is 0.580 bits per heavy atom. The second-order valence-corrected chi connectivity index (χ2v) is 29.0. The molecule has 0 rings (SSSR count). The Bertz CT molecular complexity index is 1730. The number of carbonyl (C=O) groups is 4. The molecule has 0 saturated carbocycles. The van der Waals surface area contributed by atoms with E-state index in [-0.39, 0.29) is 25.7 Å². The molecule has 0 bridgehead atoms. The molecular weight excluding hydrogens is 1160 g/mol. The predicted molar refractivity (Wildman–Crippen MR) is 354 cm³/mol. The van der Waals surface area contributed by atoms with Crippen LogP contribution in [0, 0.1) is 17.8 Å². The fraction of sp³-hybridized carbons (Fsp3) is 0.942. The van der Waals surface area contributed by atoms with E-state index in [0.717, 1.165) is 108 Å². The molecule has 0 aromatic rings. The van der Waals surface area contributed by atoms with Crippen molar-refractivity contribution in [1.82, 2.24) is 0 Å². The molecule has 0 aliphatic heterocycles. The lowest BCUT2D eigenvalue weighted by atomic mass is 9.99. The fourth-order valence-corrected chi connectivity index (χ4v) is 11.9. The van der Waals surface area contributed by atoms with E-state index >= 15 is 0 Å². The minimum atomic E-state index is -4.95. The van der Waals surface area contributed by atoms with E-state index in [0.29, 0.717) is 31.6 Å². The standard InChI is InChI=1S/C69H134O17P2/c1-8-10-11-12-13-29-36-43-50-66(71)79-56-65(86-69(74)53-46-39-32-25-27-34-41-48-61(5)6)59-84-88(77,78)82-55-63(70)54-81-87(75,76)83-58-64(57-80-67(72)51-44-37-30-24-23-28-35-42-49-62(7)9-2)85-68(73)52-45-38-31-22-20-18-16-14-15-17-19-21-26-33-40-47-60(3)4/h60-65,70H,8-59H2,1-7H3,(H,75,76)(H,77,78)/t62?,63-,64-,65-/m1/s1. The summed E-state index contributed by atoms with van der Waals surface area (Å²) in [4.78, 5) is 72.4. The molecular formula is C69H134O17P2. The largest absolute Gasteiger partial charge is 0.472 e. The summed E-state index contributed by atoms with van der Waals surface area (Å²) < 4.78 is 68.1. The van der Waals surface area contributed by atoms with Crippen LogP contribution in [0.15, 0.2) is 0 Å². The van der Waals surface area contributed by atoms with E-state index in [1.165, 1.54) is 148 Å². The highest BCUT2D eigenvalue weighted by Gasteiger charge is 2.30. The molecule has 0 aromatic carbocycles. The Hall–Kier alpha value is -1.94. The number of aliphatic hydroxyl groups is 1. The highest BCUT2D eigenvalue weighted by molar-refractivity contribution is 7.47. The number of hydrogen-bond donors (Lipinski definition) is 3. The normalized spacial score (nSPS) is 14.5. The van der Waals surface area contributed by atoms with Crippen molar-refractivity contribution in [2.75, 3.05) is 39.6 Å². The lowest BCUT2D eigenvalue weighted by molar-refractivity contribution is -0.161. The Balaban J connectivity index is 5.21. The number of carbonyl (C=O) groups excluding carboxylic acids is 4. The molecule has 3 unspecified atom stereocenters. The van der Waals surface area contributed by atoms with Crippen LogP contribution in [-0.4, -0.2) is 96.7 Å². The molecule has 0 amide bonds. The van der Waals surface area contributed by atoms with Gasteiger partial charge < -0.3 is 33.8 Å². The number of aliphatic hydroxyl groups excluding tert-OH is 1. The quantitative estimate of drug-likeness (QED) is 0.0222. The maximum atomic E-state index is 13.0. The highest BCUT2D eigenvalue weighted by Crippen LogP contribution is 2.45. The average molecular weight is 1300 g/mol. The van der Waals surface area contributed by atoms with Gasteiger partial charge in [-0.3, -0.25) is 37.3 Å². The molecule has 0 aliphatic rings. The summed E-state index contributed by atoms with van der Waals surface area (Å²) in [7, 11) is -9.89. The van der Waals surface area contributed by atoms with Gasteiger partial charge in [0.05, 0.1) is 26.4 Å². The molecule has 522 valence electrons. The van der Waals surface area contributed by atoms with Crippen LogP contribution in [-0.2, 0) is 65.4 Å². The van der Waals surface area contributed by atoms with Crippen molar-refractivity contribution in [3.8, 4) is 0 Å². The lowest BCUT2D eigenvalue weighted by Crippen LogP contribution is -2.30. The third-order valence-corrected chi connectivity index (χ3v) is 18.1. The van der Waals surface area contributed by atoms with Gasteiger partial charge in [0.2, 0.25) is 0 Å². The average Bonchev–Trinajstić information content (AvgIpc) is 3.60. The second kappa shape index (κ2) is 60.0. The maximum Gasteiger partial charge on any atom is 0.472 e. The molecule has 0 radical (unpaired) electrons. The number of esters is 4. The smallest absolute Gasteiger partial charge is 0.462 e. The van der Waals surface area contributed by atoms with Crippen molar-refractivity contribution in [2.24, 2.45) is 17.8 Å².